The van der Waals surface area contributed by atoms with Crippen molar-refractivity contribution >= 4 is 15.5 Å². The highest BCUT2D eigenvalue weighted by molar-refractivity contribution is 7.91. The van der Waals surface area contributed by atoms with E-state index in [9.17, 15) is 17.2 Å². The standard InChI is InChI=1S/C12H18F2N2O3S/c1-9(17)8-15-6-7-16-10-4-2-3-5-11(10)20(18,19)12(13)14/h2-5,9,12,15-17H,6-8H2,1H3. The maximum atomic E-state index is 12.6. The first-order valence-electron chi connectivity index (χ1n) is 6.09. The second kappa shape index (κ2) is 7.51. The molecule has 3 N–H and O–H groups in total. The fourth-order valence-corrected chi connectivity index (χ4v) is 2.46. The van der Waals surface area contributed by atoms with Crippen molar-refractivity contribution in [1.29, 1.82) is 0 Å². The molecule has 0 spiro atoms. The fourth-order valence-electron chi connectivity index (χ4n) is 1.55. The van der Waals surface area contributed by atoms with Crippen LogP contribution in [0.2, 0.25) is 0 Å². The molecule has 0 aliphatic rings. The molecular weight excluding hydrogens is 290 g/mol. The lowest BCUT2D eigenvalue weighted by atomic mass is 10.3. The van der Waals surface area contributed by atoms with E-state index < -0.39 is 26.6 Å². The number of benzene rings is 1. The van der Waals surface area contributed by atoms with Crippen LogP contribution in [0.3, 0.4) is 0 Å². The number of hydrogen-bond donors (Lipinski definition) is 3. The van der Waals surface area contributed by atoms with Gasteiger partial charge in [0.2, 0.25) is 9.84 Å². The summed E-state index contributed by atoms with van der Waals surface area (Å²) >= 11 is 0. The molecule has 0 heterocycles. The van der Waals surface area contributed by atoms with Crippen LogP contribution in [0.25, 0.3) is 0 Å². The van der Waals surface area contributed by atoms with Gasteiger partial charge in [0.1, 0.15) is 0 Å². The number of aliphatic hydroxyl groups is 1. The summed E-state index contributed by atoms with van der Waals surface area (Å²) in [5.41, 5.74) is 0.145. The molecular formula is C12H18F2N2O3S. The SMILES string of the molecule is CC(O)CNCCNc1ccccc1S(=O)(=O)C(F)F. The van der Waals surface area contributed by atoms with Crippen molar-refractivity contribution in [3.63, 3.8) is 0 Å². The van der Waals surface area contributed by atoms with Crippen molar-refractivity contribution in [1.82, 2.24) is 5.32 Å². The van der Waals surface area contributed by atoms with Gasteiger partial charge in [-0.05, 0) is 19.1 Å². The van der Waals surface area contributed by atoms with Crippen LogP contribution in [-0.4, -0.2) is 45.0 Å². The topological polar surface area (TPSA) is 78.4 Å². The third-order valence-electron chi connectivity index (χ3n) is 2.49. The smallest absolute Gasteiger partial charge is 0.341 e. The van der Waals surface area contributed by atoms with Gasteiger partial charge in [-0.15, -0.1) is 0 Å². The summed E-state index contributed by atoms with van der Waals surface area (Å²) < 4.78 is 48.1. The van der Waals surface area contributed by atoms with Gasteiger partial charge in [0.25, 0.3) is 0 Å². The zero-order valence-electron chi connectivity index (χ0n) is 11.0. The number of para-hydroxylation sites is 1. The average molecular weight is 308 g/mol. The lowest BCUT2D eigenvalue weighted by Crippen LogP contribution is -2.29. The molecule has 0 amide bonds. The summed E-state index contributed by atoms with van der Waals surface area (Å²) in [6.45, 7) is 2.85. The van der Waals surface area contributed by atoms with Crippen molar-refractivity contribution in [2.45, 2.75) is 23.7 Å². The molecule has 0 aliphatic carbocycles. The first-order valence-corrected chi connectivity index (χ1v) is 7.64. The van der Waals surface area contributed by atoms with E-state index in [4.69, 9.17) is 5.11 Å². The third kappa shape index (κ3) is 4.69. The molecule has 1 atom stereocenters. The number of aliphatic hydroxyl groups excluding tert-OH is 1. The Hall–Kier alpha value is -1.25. The number of halogens is 2. The molecule has 0 aliphatic heterocycles. The molecule has 0 aromatic heterocycles. The number of anilines is 1. The van der Waals surface area contributed by atoms with Crippen molar-refractivity contribution in [2.24, 2.45) is 0 Å². The number of nitrogens with one attached hydrogen (secondary N) is 2. The zero-order chi connectivity index (χ0) is 15.2. The van der Waals surface area contributed by atoms with Crippen LogP contribution in [0, 0.1) is 0 Å². The van der Waals surface area contributed by atoms with Gasteiger partial charge in [-0.2, -0.15) is 8.78 Å². The molecule has 20 heavy (non-hydrogen) atoms. The summed E-state index contributed by atoms with van der Waals surface area (Å²) in [6.07, 6.45) is -0.485. The van der Waals surface area contributed by atoms with Gasteiger partial charge >= 0.3 is 5.76 Å². The lowest BCUT2D eigenvalue weighted by Gasteiger charge is -2.13. The van der Waals surface area contributed by atoms with E-state index in [0.717, 1.165) is 6.07 Å². The zero-order valence-corrected chi connectivity index (χ0v) is 11.8. The molecule has 0 radical (unpaired) electrons. The highest BCUT2D eigenvalue weighted by atomic mass is 32.2. The highest BCUT2D eigenvalue weighted by Crippen LogP contribution is 2.25. The average Bonchev–Trinajstić information content (AvgIpc) is 2.38. The minimum absolute atomic E-state index is 0.145. The molecule has 1 unspecified atom stereocenters. The van der Waals surface area contributed by atoms with Gasteiger partial charge in [0, 0.05) is 19.6 Å². The van der Waals surface area contributed by atoms with Crippen LogP contribution < -0.4 is 10.6 Å². The van der Waals surface area contributed by atoms with Crippen molar-refractivity contribution in [3.8, 4) is 0 Å². The van der Waals surface area contributed by atoms with E-state index >= 15 is 0 Å². The minimum Gasteiger partial charge on any atom is -0.392 e. The van der Waals surface area contributed by atoms with E-state index in [1.807, 2.05) is 0 Å². The first kappa shape index (κ1) is 16.8. The molecule has 0 saturated carbocycles. The summed E-state index contributed by atoms with van der Waals surface area (Å²) in [7, 11) is -4.62. The van der Waals surface area contributed by atoms with E-state index in [-0.39, 0.29) is 5.69 Å². The summed E-state index contributed by atoms with van der Waals surface area (Å²) in [5, 5.41) is 14.8. The molecule has 0 bridgehead atoms. The number of sulfone groups is 1. The Bertz CT molecular complexity index is 521. The Balaban J connectivity index is 2.68. The normalized spacial score (nSPS) is 13.4. The van der Waals surface area contributed by atoms with Crippen LogP contribution >= 0.6 is 0 Å². The molecule has 0 fully saturated rings. The molecule has 114 valence electrons. The van der Waals surface area contributed by atoms with Crippen LogP contribution in [0.1, 0.15) is 6.92 Å². The van der Waals surface area contributed by atoms with Gasteiger partial charge in [-0.1, -0.05) is 12.1 Å². The summed E-state index contributed by atoms with van der Waals surface area (Å²) in [4.78, 5) is -0.412. The van der Waals surface area contributed by atoms with Crippen molar-refractivity contribution in [3.05, 3.63) is 24.3 Å². The molecule has 1 aromatic rings. The summed E-state index contributed by atoms with van der Waals surface area (Å²) in [6, 6.07) is 5.54. The molecule has 8 heteroatoms. The van der Waals surface area contributed by atoms with Crippen LogP contribution in [0.15, 0.2) is 29.2 Å². The van der Waals surface area contributed by atoms with Gasteiger partial charge in [-0.3, -0.25) is 0 Å². The Morgan fingerprint density at radius 2 is 1.90 bits per heavy atom. The number of rotatable bonds is 8. The predicted molar refractivity (Wildman–Crippen MR) is 72.7 cm³/mol. The van der Waals surface area contributed by atoms with Crippen LogP contribution in [0.5, 0.6) is 0 Å². The minimum atomic E-state index is -4.62. The maximum absolute atomic E-state index is 12.6. The Kier molecular flexibility index (Phi) is 6.31. The van der Waals surface area contributed by atoms with Gasteiger partial charge in [-0.25, -0.2) is 8.42 Å². The van der Waals surface area contributed by atoms with E-state index in [1.54, 1.807) is 13.0 Å². The molecule has 5 nitrogen and oxygen atoms in total. The Morgan fingerprint density at radius 1 is 1.25 bits per heavy atom. The second-order valence-corrected chi connectivity index (χ2v) is 6.17. The lowest BCUT2D eigenvalue weighted by molar-refractivity contribution is 0.192. The number of alkyl halides is 2. The quantitative estimate of drug-likeness (QED) is 0.626. The first-order chi connectivity index (χ1) is 9.35. The highest BCUT2D eigenvalue weighted by Gasteiger charge is 2.28. The number of hydrogen-bond acceptors (Lipinski definition) is 5. The van der Waals surface area contributed by atoms with Crippen LogP contribution in [0.4, 0.5) is 14.5 Å². The van der Waals surface area contributed by atoms with E-state index in [0.29, 0.717) is 19.6 Å². The molecule has 1 rings (SSSR count). The maximum Gasteiger partial charge on any atom is 0.341 e. The monoisotopic (exact) mass is 308 g/mol. The van der Waals surface area contributed by atoms with E-state index in [2.05, 4.69) is 10.6 Å². The van der Waals surface area contributed by atoms with Crippen molar-refractivity contribution in [2.75, 3.05) is 25.0 Å². The van der Waals surface area contributed by atoms with Crippen LogP contribution in [-0.2, 0) is 9.84 Å². The van der Waals surface area contributed by atoms with Gasteiger partial charge in [0.05, 0.1) is 16.7 Å². The fraction of sp³-hybridized carbons (Fsp3) is 0.500. The van der Waals surface area contributed by atoms with Gasteiger partial charge in [0.15, 0.2) is 0 Å². The predicted octanol–water partition coefficient (Wildman–Crippen LogP) is 1.07. The Labute approximate surface area is 116 Å². The largest absolute Gasteiger partial charge is 0.392 e. The summed E-state index contributed by atoms with van der Waals surface area (Å²) in [5.74, 6) is -3.45. The van der Waals surface area contributed by atoms with Crippen molar-refractivity contribution < 1.29 is 22.3 Å². The Morgan fingerprint density at radius 3 is 2.50 bits per heavy atom. The van der Waals surface area contributed by atoms with E-state index in [1.165, 1.54) is 12.1 Å². The molecule has 0 saturated heterocycles. The van der Waals surface area contributed by atoms with Gasteiger partial charge < -0.3 is 15.7 Å². The third-order valence-corrected chi connectivity index (χ3v) is 3.92. The second-order valence-electron chi connectivity index (χ2n) is 4.28. The molecule has 1 aromatic carbocycles.